The molecule has 1 N–H and O–H groups in total. The first-order valence-corrected chi connectivity index (χ1v) is 3.34. The molecule has 0 aromatic rings. The minimum atomic E-state index is 0.295. The summed E-state index contributed by atoms with van der Waals surface area (Å²) in [5.41, 5.74) is 0. The first-order valence-electron chi connectivity index (χ1n) is 3.34. The maximum atomic E-state index is 9.10. The molecule has 1 atom stereocenters. The second kappa shape index (κ2) is 2.64. The number of likely N-dealkylation sites (N-methyl/N-ethyl adjacent to an activating group) is 1. The predicted octanol–water partition coefficient (Wildman–Crippen LogP) is 0.0115. The van der Waals surface area contributed by atoms with Crippen molar-refractivity contribution in [1.29, 1.82) is 0 Å². The number of hydrogen-bond donors (Lipinski definition) is 1. The molecule has 0 aromatic carbocycles. The molecular weight excluding hydrogens is 116 g/mol. The Labute approximate surface area is 55.8 Å². The summed E-state index contributed by atoms with van der Waals surface area (Å²) in [6.45, 7) is 4.74. The van der Waals surface area contributed by atoms with Gasteiger partial charge in [-0.2, -0.15) is 5.06 Å². The minimum Gasteiger partial charge on any atom is -0.314 e. The van der Waals surface area contributed by atoms with E-state index in [0.29, 0.717) is 6.04 Å². The Morgan fingerprint density at radius 3 is 2.56 bits per heavy atom. The summed E-state index contributed by atoms with van der Waals surface area (Å²) >= 11 is 0. The van der Waals surface area contributed by atoms with Crippen LogP contribution in [-0.2, 0) is 0 Å². The lowest BCUT2D eigenvalue weighted by Crippen LogP contribution is -2.48. The van der Waals surface area contributed by atoms with E-state index in [1.807, 2.05) is 6.92 Å². The van der Waals surface area contributed by atoms with E-state index in [2.05, 4.69) is 11.9 Å². The van der Waals surface area contributed by atoms with Crippen LogP contribution >= 0.6 is 0 Å². The molecule has 1 aliphatic rings. The van der Waals surface area contributed by atoms with Crippen molar-refractivity contribution in [1.82, 2.24) is 9.96 Å². The van der Waals surface area contributed by atoms with Gasteiger partial charge in [0.2, 0.25) is 0 Å². The Hall–Kier alpha value is -0.120. The summed E-state index contributed by atoms with van der Waals surface area (Å²) in [4.78, 5) is 2.22. The molecule has 3 heteroatoms. The fraction of sp³-hybridized carbons (Fsp3) is 1.00. The van der Waals surface area contributed by atoms with Gasteiger partial charge in [0.1, 0.15) is 0 Å². The highest BCUT2D eigenvalue weighted by Crippen LogP contribution is 2.02. The quantitative estimate of drug-likeness (QED) is 0.500. The molecule has 1 unspecified atom stereocenters. The smallest absolute Gasteiger partial charge is 0.0449 e. The molecular formula is C6H14N2O. The lowest BCUT2D eigenvalue weighted by Gasteiger charge is -2.33. The van der Waals surface area contributed by atoms with E-state index in [9.17, 15) is 0 Å². The van der Waals surface area contributed by atoms with E-state index in [0.717, 1.165) is 19.6 Å². The largest absolute Gasteiger partial charge is 0.314 e. The third kappa shape index (κ3) is 1.64. The summed E-state index contributed by atoms with van der Waals surface area (Å²) in [7, 11) is 2.07. The molecule has 0 spiro atoms. The van der Waals surface area contributed by atoms with E-state index >= 15 is 0 Å². The van der Waals surface area contributed by atoms with Crippen LogP contribution in [0.3, 0.4) is 0 Å². The van der Waals surface area contributed by atoms with Gasteiger partial charge in [0.05, 0.1) is 0 Å². The van der Waals surface area contributed by atoms with Crippen LogP contribution in [0, 0.1) is 0 Å². The molecule has 1 heterocycles. The van der Waals surface area contributed by atoms with Crippen molar-refractivity contribution >= 4 is 0 Å². The first kappa shape index (κ1) is 6.99. The van der Waals surface area contributed by atoms with Crippen LogP contribution in [0.25, 0.3) is 0 Å². The van der Waals surface area contributed by atoms with Gasteiger partial charge >= 0.3 is 0 Å². The summed E-state index contributed by atoms with van der Waals surface area (Å²) in [5, 5.41) is 10.5. The topological polar surface area (TPSA) is 26.7 Å². The Morgan fingerprint density at radius 1 is 1.44 bits per heavy atom. The molecule has 54 valence electrons. The fourth-order valence-electron chi connectivity index (χ4n) is 1.13. The SMILES string of the molecule is CC1CN(C)CCN1O. The van der Waals surface area contributed by atoms with Gasteiger partial charge in [0.25, 0.3) is 0 Å². The molecule has 1 aliphatic heterocycles. The summed E-state index contributed by atoms with van der Waals surface area (Å²) in [5.74, 6) is 0. The van der Waals surface area contributed by atoms with E-state index in [1.165, 1.54) is 5.06 Å². The summed E-state index contributed by atoms with van der Waals surface area (Å²) in [6.07, 6.45) is 0. The average Bonchev–Trinajstić information content (AvgIpc) is 1.80. The van der Waals surface area contributed by atoms with Gasteiger partial charge in [0.15, 0.2) is 0 Å². The second-order valence-corrected chi connectivity index (χ2v) is 2.77. The third-order valence-corrected chi connectivity index (χ3v) is 1.80. The van der Waals surface area contributed by atoms with Crippen LogP contribution in [0.1, 0.15) is 6.92 Å². The van der Waals surface area contributed by atoms with Gasteiger partial charge in [-0.1, -0.05) is 0 Å². The standard InChI is InChI=1S/C6H14N2O/c1-6-5-7(2)3-4-8(6)9/h6,9H,3-5H2,1-2H3. The highest BCUT2D eigenvalue weighted by Gasteiger charge is 2.18. The van der Waals surface area contributed by atoms with Crippen molar-refractivity contribution in [3.05, 3.63) is 0 Å². The van der Waals surface area contributed by atoms with Crippen molar-refractivity contribution in [3.8, 4) is 0 Å². The third-order valence-electron chi connectivity index (χ3n) is 1.80. The molecule has 3 nitrogen and oxygen atoms in total. The first-order chi connectivity index (χ1) is 4.20. The van der Waals surface area contributed by atoms with Gasteiger partial charge in [-0.15, -0.1) is 0 Å². The van der Waals surface area contributed by atoms with Crippen LogP contribution < -0.4 is 0 Å². The molecule has 1 fully saturated rings. The molecule has 9 heavy (non-hydrogen) atoms. The summed E-state index contributed by atoms with van der Waals surface area (Å²) < 4.78 is 0. The molecule has 0 amide bonds. The lowest BCUT2D eigenvalue weighted by molar-refractivity contribution is -0.147. The normalized spacial score (nSPS) is 33.0. The molecule has 0 saturated carbocycles. The Morgan fingerprint density at radius 2 is 2.11 bits per heavy atom. The van der Waals surface area contributed by atoms with E-state index in [4.69, 9.17) is 5.21 Å². The van der Waals surface area contributed by atoms with Crippen LogP contribution in [0.15, 0.2) is 0 Å². The fourth-order valence-corrected chi connectivity index (χ4v) is 1.13. The second-order valence-electron chi connectivity index (χ2n) is 2.77. The van der Waals surface area contributed by atoms with Crippen LogP contribution in [-0.4, -0.2) is 47.9 Å². The number of hydrogen-bond acceptors (Lipinski definition) is 3. The number of hydroxylamine groups is 2. The van der Waals surface area contributed by atoms with Gasteiger partial charge in [-0.3, -0.25) is 0 Å². The van der Waals surface area contributed by atoms with Crippen molar-refractivity contribution in [2.24, 2.45) is 0 Å². The molecule has 0 radical (unpaired) electrons. The Bertz CT molecular complexity index is 97.1. The highest BCUT2D eigenvalue weighted by atomic mass is 16.5. The monoisotopic (exact) mass is 130 g/mol. The molecule has 0 bridgehead atoms. The van der Waals surface area contributed by atoms with Gasteiger partial charge in [-0.25, -0.2) is 0 Å². The zero-order valence-corrected chi connectivity index (χ0v) is 6.04. The van der Waals surface area contributed by atoms with Crippen molar-refractivity contribution in [3.63, 3.8) is 0 Å². The maximum absolute atomic E-state index is 9.10. The zero-order chi connectivity index (χ0) is 6.85. The Kier molecular flexibility index (Phi) is 2.05. The summed E-state index contributed by atoms with van der Waals surface area (Å²) in [6, 6.07) is 0.295. The van der Waals surface area contributed by atoms with Crippen molar-refractivity contribution < 1.29 is 5.21 Å². The van der Waals surface area contributed by atoms with Gasteiger partial charge in [0, 0.05) is 25.7 Å². The number of nitrogens with zero attached hydrogens (tertiary/aromatic N) is 2. The highest BCUT2D eigenvalue weighted by molar-refractivity contribution is 4.70. The molecule has 1 saturated heterocycles. The molecule has 0 aromatic heterocycles. The predicted molar refractivity (Wildman–Crippen MR) is 35.5 cm³/mol. The van der Waals surface area contributed by atoms with E-state index < -0.39 is 0 Å². The van der Waals surface area contributed by atoms with Crippen LogP contribution in [0.4, 0.5) is 0 Å². The molecule has 0 aliphatic carbocycles. The lowest BCUT2D eigenvalue weighted by atomic mass is 10.2. The van der Waals surface area contributed by atoms with Crippen LogP contribution in [0.2, 0.25) is 0 Å². The Balaban J connectivity index is 2.35. The van der Waals surface area contributed by atoms with Gasteiger partial charge < -0.3 is 10.1 Å². The number of piperazine rings is 1. The average molecular weight is 130 g/mol. The maximum Gasteiger partial charge on any atom is 0.0449 e. The van der Waals surface area contributed by atoms with Crippen molar-refractivity contribution in [2.45, 2.75) is 13.0 Å². The molecule has 1 rings (SSSR count). The van der Waals surface area contributed by atoms with Crippen LogP contribution in [0.5, 0.6) is 0 Å². The zero-order valence-electron chi connectivity index (χ0n) is 6.04. The van der Waals surface area contributed by atoms with E-state index in [-0.39, 0.29) is 0 Å². The van der Waals surface area contributed by atoms with E-state index in [1.54, 1.807) is 0 Å². The number of rotatable bonds is 0. The minimum absolute atomic E-state index is 0.295. The van der Waals surface area contributed by atoms with Crippen molar-refractivity contribution in [2.75, 3.05) is 26.7 Å². The van der Waals surface area contributed by atoms with Gasteiger partial charge in [-0.05, 0) is 14.0 Å².